The number of carbonyl (C=O) groups is 2. The Labute approximate surface area is 326 Å². The van der Waals surface area contributed by atoms with Gasteiger partial charge in [-0.2, -0.15) is 0 Å². The Kier molecular flexibility index (Phi) is 14.3. The predicted octanol–water partition coefficient (Wildman–Crippen LogP) is 7.99. The zero-order valence-corrected chi connectivity index (χ0v) is 32.3. The summed E-state index contributed by atoms with van der Waals surface area (Å²) in [6.07, 6.45) is 12.0. The maximum atomic E-state index is 14.7. The van der Waals surface area contributed by atoms with E-state index in [0.29, 0.717) is 36.2 Å². The highest BCUT2D eigenvalue weighted by molar-refractivity contribution is 6.17. The standard InChI is InChI=1S/C47H54N2O6/c1-52-43-33-37(17-21-41(43)54-31-29-48-25-9-10-26-48)19-23-45(50)47(35-39-13-5-3-6-14-39,36-40-15-7-4-8-16-40)46(51)24-20-38-18-22-42(44(34-38)53-2)55-32-30-49-27-11-12-28-49/h3-8,13-24,33-34H,9-12,25-32,35-36H2,1-2H3/b23-19-,24-20+. The fourth-order valence-corrected chi connectivity index (χ4v) is 7.48. The summed E-state index contributed by atoms with van der Waals surface area (Å²) in [6.45, 7) is 7.35. The summed E-state index contributed by atoms with van der Waals surface area (Å²) < 4.78 is 23.5. The lowest BCUT2D eigenvalue weighted by Gasteiger charge is -2.29. The van der Waals surface area contributed by atoms with Gasteiger partial charge in [-0.1, -0.05) is 84.9 Å². The van der Waals surface area contributed by atoms with Crippen LogP contribution in [0.5, 0.6) is 23.0 Å². The van der Waals surface area contributed by atoms with Crippen molar-refractivity contribution in [2.24, 2.45) is 5.41 Å². The Morgan fingerprint density at radius 1 is 0.564 bits per heavy atom. The molecule has 0 spiro atoms. The van der Waals surface area contributed by atoms with Crippen LogP contribution in [-0.2, 0) is 22.4 Å². The molecule has 0 atom stereocenters. The van der Waals surface area contributed by atoms with Gasteiger partial charge in [-0.05, 0) is 123 Å². The fraction of sp³-hybridized carbons (Fsp3) is 0.362. The molecule has 2 aliphatic rings. The number of hydrogen-bond acceptors (Lipinski definition) is 8. The molecule has 0 aliphatic carbocycles. The van der Waals surface area contributed by atoms with Crippen molar-refractivity contribution in [1.82, 2.24) is 9.80 Å². The summed E-state index contributed by atoms with van der Waals surface area (Å²) in [5, 5.41) is 0. The molecule has 2 saturated heterocycles. The number of likely N-dealkylation sites (tertiary alicyclic amines) is 2. The van der Waals surface area contributed by atoms with E-state index in [9.17, 15) is 9.59 Å². The van der Waals surface area contributed by atoms with Crippen LogP contribution < -0.4 is 18.9 Å². The molecule has 8 nitrogen and oxygen atoms in total. The van der Waals surface area contributed by atoms with Crippen LogP contribution in [0.15, 0.2) is 109 Å². The topological polar surface area (TPSA) is 77.5 Å². The van der Waals surface area contributed by atoms with Gasteiger partial charge in [-0.25, -0.2) is 0 Å². The van der Waals surface area contributed by atoms with Crippen LogP contribution in [0.2, 0.25) is 0 Å². The number of hydrogen-bond donors (Lipinski definition) is 0. The van der Waals surface area contributed by atoms with Gasteiger partial charge in [0.15, 0.2) is 34.6 Å². The highest BCUT2D eigenvalue weighted by Crippen LogP contribution is 2.35. The van der Waals surface area contributed by atoms with E-state index in [1.54, 1.807) is 26.4 Å². The van der Waals surface area contributed by atoms with Gasteiger partial charge in [0.25, 0.3) is 0 Å². The van der Waals surface area contributed by atoms with E-state index in [2.05, 4.69) is 9.80 Å². The molecule has 2 heterocycles. The van der Waals surface area contributed by atoms with Crippen LogP contribution in [-0.4, -0.2) is 88.1 Å². The first-order valence-corrected chi connectivity index (χ1v) is 19.5. The molecular formula is C47H54N2O6. The van der Waals surface area contributed by atoms with Gasteiger partial charge in [0.2, 0.25) is 0 Å². The van der Waals surface area contributed by atoms with Crippen molar-refractivity contribution in [3.8, 4) is 23.0 Å². The molecule has 0 unspecified atom stereocenters. The van der Waals surface area contributed by atoms with E-state index in [1.807, 2.05) is 97.1 Å². The van der Waals surface area contributed by atoms with Crippen molar-refractivity contribution in [1.29, 1.82) is 0 Å². The normalized spacial score (nSPS) is 15.2. The third-order valence-electron chi connectivity index (χ3n) is 10.6. The third kappa shape index (κ3) is 11.0. The van der Waals surface area contributed by atoms with Crippen LogP contribution >= 0.6 is 0 Å². The molecule has 2 fully saturated rings. The number of benzene rings is 4. The van der Waals surface area contributed by atoms with Gasteiger partial charge in [0.05, 0.1) is 14.2 Å². The molecule has 288 valence electrons. The summed E-state index contributed by atoms with van der Waals surface area (Å²) in [6, 6.07) is 30.8. The van der Waals surface area contributed by atoms with Gasteiger partial charge >= 0.3 is 0 Å². The summed E-state index contributed by atoms with van der Waals surface area (Å²) in [5.41, 5.74) is 1.92. The smallest absolute Gasteiger partial charge is 0.170 e. The minimum Gasteiger partial charge on any atom is -0.493 e. The van der Waals surface area contributed by atoms with Gasteiger partial charge in [0.1, 0.15) is 18.6 Å². The number of carbonyl (C=O) groups excluding carboxylic acids is 2. The van der Waals surface area contributed by atoms with Crippen LogP contribution in [0.1, 0.15) is 47.9 Å². The molecule has 8 heteroatoms. The van der Waals surface area contributed by atoms with Crippen LogP contribution in [0, 0.1) is 5.41 Å². The number of methoxy groups -OCH3 is 2. The van der Waals surface area contributed by atoms with Crippen LogP contribution in [0.4, 0.5) is 0 Å². The molecule has 0 aromatic heterocycles. The van der Waals surface area contributed by atoms with E-state index < -0.39 is 5.41 Å². The van der Waals surface area contributed by atoms with Gasteiger partial charge in [0, 0.05) is 13.1 Å². The van der Waals surface area contributed by atoms with Crippen molar-refractivity contribution < 1.29 is 28.5 Å². The molecule has 4 aromatic rings. The SMILES string of the molecule is COc1cc(/C=C\C(=O)C(Cc2ccccc2)(Cc2ccccc2)C(=O)/C=C/c2ccc(OCCN3CCCC3)c(OC)c2)ccc1OCCN1CCCC1. The minimum atomic E-state index is -1.42. The molecular weight excluding hydrogens is 689 g/mol. The lowest BCUT2D eigenvalue weighted by Crippen LogP contribution is -2.42. The van der Waals surface area contributed by atoms with Gasteiger partial charge in [-0.3, -0.25) is 19.4 Å². The van der Waals surface area contributed by atoms with E-state index in [0.717, 1.165) is 61.5 Å². The highest BCUT2D eigenvalue weighted by atomic mass is 16.5. The first kappa shape index (κ1) is 39.5. The summed E-state index contributed by atoms with van der Waals surface area (Å²) in [7, 11) is 3.23. The van der Waals surface area contributed by atoms with Crippen molar-refractivity contribution in [3.05, 3.63) is 131 Å². The monoisotopic (exact) mass is 742 g/mol. The zero-order valence-electron chi connectivity index (χ0n) is 32.3. The number of ketones is 2. The Balaban J connectivity index is 1.25. The van der Waals surface area contributed by atoms with Crippen molar-refractivity contribution in [3.63, 3.8) is 0 Å². The molecule has 0 radical (unpaired) electrons. The first-order valence-electron chi connectivity index (χ1n) is 19.5. The molecule has 2 aliphatic heterocycles. The lowest BCUT2D eigenvalue weighted by atomic mass is 9.69. The van der Waals surface area contributed by atoms with Gasteiger partial charge < -0.3 is 18.9 Å². The Morgan fingerprint density at radius 2 is 0.964 bits per heavy atom. The molecule has 0 saturated carbocycles. The molecule has 4 aromatic carbocycles. The molecule has 0 amide bonds. The highest BCUT2D eigenvalue weighted by Gasteiger charge is 2.43. The minimum absolute atomic E-state index is 0.231. The third-order valence-corrected chi connectivity index (χ3v) is 10.6. The van der Waals surface area contributed by atoms with Gasteiger partial charge in [-0.15, -0.1) is 0 Å². The Bertz CT molecular complexity index is 1760. The second-order valence-electron chi connectivity index (χ2n) is 14.4. The van der Waals surface area contributed by atoms with Crippen LogP contribution in [0.25, 0.3) is 12.2 Å². The molecule has 0 N–H and O–H groups in total. The Morgan fingerprint density at radius 3 is 1.35 bits per heavy atom. The van der Waals surface area contributed by atoms with Crippen molar-refractivity contribution in [2.75, 3.05) is 66.7 Å². The fourth-order valence-electron chi connectivity index (χ4n) is 7.48. The predicted molar refractivity (Wildman–Crippen MR) is 219 cm³/mol. The number of nitrogens with zero attached hydrogens (tertiary/aromatic N) is 2. The average molecular weight is 743 g/mol. The largest absolute Gasteiger partial charge is 0.493 e. The lowest BCUT2D eigenvalue weighted by molar-refractivity contribution is -0.135. The maximum Gasteiger partial charge on any atom is 0.170 e. The number of allylic oxidation sites excluding steroid dienone is 2. The van der Waals surface area contributed by atoms with Crippen LogP contribution in [0.3, 0.4) is 0 Å². The zero-order chi connectivity index (χ0) is 38.3. The number of rotatable bonds is 20. The van der Waals surface area contributed by atoms with E-state index >= 15 is 0 Å². The maximum absolute atomic E-state index is 14.7. The second kappa shape index (κ2) is 19.9. The molecule has 55 heavy (non-hydrogen) atoms. The van der Waals surface area contributed by atoms with Crippen molar-refractivity contribution in [2.45, 2.75) is 38.5 Å². The summed E-state index contributed by atoms with van der Waals surface area (Å²) >= 11 is 0. The Hall–Kier alpha value is -5.18. The number of ether oxygens (including phenoxy) is 4. The second-order valence-corrected chi connectivity index (χ2v) is 14.4. The molecule has 0 bridgehead atoms. The van der Waals surface area contributed by atoms with E-state index in [1.165, 1.54) is 37.8 Å². The summed E-state index contributed by atoms with van der Waals surface area (Å²) in [5.74, 6) is 1.94. The quantitative estimate of drug-likeness (QED) is 0.0667. The summed E-state index contributed by atoms with van der Waals surface area (Å²) in [4.78, 5) is 34.2. The molecule has 6 rings (SSSR count). The van der Waals surface area contributed by atoms with E-state index in [4.69, 9.17) is 18.9 Å². The first-order chi connectivity index (χ1) is 27.0. The average Bonchev–Trinajstić information content (AvgIpc) is 3.95. The van der Waals surface area contributed by atoms with E-state index in [-0.39, 0.29) is 24.4 Å². The van der Waals surface area contributed by atoms with Crippen molar-refractivity contribution >= 4 is 23.7 Å².